The van der Waals surface area contributed by atoms with Gasteiger partial charge in [-0.1, -0.05) is 376 Å². The van der Waals surface area contributed by atoms with E-state index >= 15 is 0 Å². The fourth-order valence-corrected chi connectivity index (χ4v) is 14.2. The molecule has 5 atom stereocenters. The molecule has 0 saturated heterocycles. The highest BCUT2D eigenvalue weighted by atomic mass is 31.2. The average molecular weight is 1480 g/mol. The molecule has 0 fully saturated rings. The van der Waals surface area contributed by atoms with Gasteiger partial charge in [-0.05, 0) is 43.4 Å². The molecule has 0 aliphatic heterocycles. The fourth-order valence-electron chi connectivity index (χ4n) is 12.7. The van der Waals surface area contributed by atoms with Crippen molar-refractivity contribution in [2.75, 3.05) is 39.6 Å². The van der Waals surface area contributed by atoms with Crippen molar-refractivity contribution >= 4 is 39.5 Å². The number of carbonyl (C=O) groups is 4. The molecular weight excluding hydrogens is 1320 g/mol. The SMILES string of the molecule is CCCCCCCCCCCCCCCCCCCCCC(=O)O[C@H](COC(=O)CCCCCCCCCCCCCCCC(C)C)COP(=O)(O)OC[C@@H](O)COP(=O)(O)OC[C@@H](COC(=O)CCCCCCCCCC(C)C)OC(=O)CCCCCCCCCCCCCCCC(C)C. The number of ether oxygens (including phenoxy) is 4. The molecule has 0 heterocycles. The number of aliphatic hydroxyl groups is 1. The van der Waals surface area contributed by atoms with Crippen LogP contribution < -0.4 is 0 Å². The van der Waals surface area contributed by atoms with Crippen molar-refractivity contribution in [3.05, 3.63) is 0 Å². The van der Waals surface area contributed by atoms with Gasteiger partial charge in [-0.3, -0.25) is 37.3 Å². The Kier molecular flexibility index (Phi) is 70.9. The molecule has 0 radical (unpaired) electrons. The number of phosphoric acid groups is 2. The molecule has 2 unspecified atom stereocenters. The van der Waals surface area contributed by atoms with Crippen LogP contribution in [0.2, 0.25) is 0 Å². The van der Waals surface area contributed by atoms with Crippen molar-refractivity contribution in [2.24, 2.45) is 17.8 Å². The van der Waals surface area contributed by atoms with Crippen LogP contribution in [0.1, 0.15) is 427 Å². The maximum Gasteiger partial charge on any atom is 0.472 e. The third kappa shape index (κ3) is 76.1. The van der Waals surface area contributed by atoms with Crippen LogP contribution in [0.5, 0.6) is 0 Å². The van der Waals surface area contributed by atoms with E-state index < -0.39 is 97.5 Å². The molecule has 0 aliphatic rings. The summed E-state index contributed by atoms with van der Waals surface area (Å²) in [6.07, 6.45) is 61.1. The summed E-state index contributed by atoms with van der Waals surface area (Å²) in [5.41, 5.74) is 0. The van der Waals surface area contributed by atoms with Gasteiger partial charge in [-0.2, -0.15) is 0 Å². The summed E-state index contributed by atoms with van der Waals surface area (Å²) in [7, 11) is -9.92. The number of rotatable bonds is 80. The van der Waals surface area contributed by atoms with E-state index in [0.717, 1.165) is 108 Å². The summed E-state index contributed by atoms with van der Waals surface area (Å²) in [6, 6.07) is 0. The smallest absolute Gasteiger partial charge is 0.462 e. The van der Waals surface area contributed by atoms with E-state index in [9.17, 15) is 43.2 Å². The Morgan fingerprint density at radius 3 is 0.673 bits per heavy atom. The Labute approximate surface area is 619 Å². The lowest BCUT2D eigenvalue weighted by atomic mass is 10.0. The molecule has 101 heavy (non-hydrogen) atoms. The van der Waals surface area contributed by atoms with Crippen molar-refractivity contribution in [1.29, 1.82) is 0 Å². The van der Waals surface area contributed by atoms with Crippen LogP contribution in [0.3, 0.4) is 0 Å². The molecule has 3 N–H and O–H groups in total. The first-order valence-corrected chi connectivity index (χ1v) is 45.3. The van der Waals surface area contributed by atoms with Gasteiger partial charge in [-0.25, -0.2) is 9.13 Å². The number of unbranched alkanes of at least 4 members (excludes halogenated alkanes) is 48. The third-order valence-corrected chi connectivity index (χ3v) is 21.0. The van der Waals surface area contributed by atoms with Gasteiger partial charge in [0.1, 0.15) is 19.3 Å². The van der Waals surface area contributed by atoms with Crippen molar-refractivity contribution < 1.29 is 80.2 Å². The number of hydrogen-bond donors (Lipinski definition) is 3. The molecule has 0 rings (SSSR count). The Bertz CT molecular complexity index is 1960. The van der Waals surface area contributed by atoms with Crippen molar-refractivity contribution in [3.8, 4) is 0 Å². The van der Waals surface area contributed by atoms with Gasteiger partial charge in [0.2, 0.25) is 0 Å². The molecule has 0 aromatic rings. The van der Waals surface area contributed by atoms with Crippen LogP contribution in [0.4, 0.5) is 0 Å². The molecule has 0 saturated carbocycles. The summed E-state index contributed by atoms with van der Waals surface area (Å²) in [4.78, 5) is 73.1. The summed E-state index contributed by atoms with van der Waals surface area (Å²) in [6.45, 7) is 11.9. The second-order valence-electron chi connectivity index (χ2n) is 30.9. The second-order valence-corrected chi connectivity index (χ2v) is 33.8. The van der Waals surface area contributed by atoms with Crippen LogP contribution in [0.15, 0.2) is 0 Å². The average Bonchev–Trinajstić information content (AvgIpc) is 0.951. The minimum atomic E-state index is -4.96. The normalized spacial score (nSPS) is 14.0. The molecule has 0 aromatic heterocycles. The maximum absolute atomic E-state index is 13.1. The Morgan fingerprint density at radius 1 is 0.267 bits per heavy atom. The number of carbonyl (C=O) groups excluding carboxylic acids is 4. The van der Waals surface area contributed by atoms with Crippen LogP contribution >= 0.6 is 15.6 Å². The van der Waals surface area contributed by atoms with Gasteiger partial charge < -0.3 is 33.8 Å². The van der Waals surface area contributed by atoms with E-state index in [-0.39, 0.29) is 25.7 Å². The maximum atomic E-state index is 13.1. The summed E-state index contributed by atoms with van der Waals surface area (Å²) in [5.74, 6) is 0.172. The Morgan fingerprint density at radius 2 is 0.455 bits per heavy atom. The van der Waals surface area contributed by atoms with Gasteiger partial charge in [-0.15, -0.1) is 0 Å². The zero-order chi connectivity index (χ0) is 74.4. The minimum Gasteiger partial charge on any atom is -0.462 e. The molecular formula is C82H160O17P2. The van der Waals surface area contributed by atoms with E-state index in [2.05, 4.69) is 48.5 Å². The first-order chi connectivity index (χ1) is 48.7. The third-order valence-electron chi connectivity index (χ3n) is 19.1. The minimum absolute atomic E-state index is 0.106. The number of esters is 4. The number of hydrogen-bond acceptors (Lipinski definition) is 15. The van der Waals surface area contributed by atoms with Gasteiger partial charge in [0.25, 0.3) is 0 Å². The zero-order valence-corrected chi connectivity index (χ0v) is 68.2. The van der Waals surface area contributed by atoms with Gasteiger partial charge in [0.15, 0.2) is 12.2 Å². The predicted octanol–water partition coefficient (Wildman–Crippen LogP) is 24.5. The van der Waals surface area contributed by atoms with E-state index in [1.54, 1.807) is 0 Å². The second kappa shape index (κ2) is 72.3. The van der Waals surface area contributed by atoms with Crippen molar-refractivity contribution in [3.63, 3.8) is 0 Å². The lowest BCUT2D eigenvalue weighted by Crippen LogP contribution is -2.30. The van der Waals surface area contributed by atoms with Gasteiger partial charge >= 0.3 is 39.5 Å². The molecule has 0 aliphatic carbocycles. The standard InChI is InChI=1S/C82H160O17P2/c1-8-9-10-11-12-13-14-15-16-17-18-19-20-25-31-36-43-51-58-65-81(86)98-77(69-92-79(84)63-56-49-42-35-30-26-21-23-28-33-39-46-53-60-73(2)3)71-96-100(88,89)94-67-76(83)68-95-101(90,91)97-72-78(70-93-80(85)64-57-50-45-38-41-48-55-62-75(6)7)99-82(87)66-59-52-44-37-32-27-22-24-29-34-40-47-54-61-74(4)5/h73-78,83H,8-72H2,1-7H3,(H,88,89)(H,90,91)/t76-,77-,78-/m1/s1. The first kappa shape index (κ1) is 99.1. The highest BCUT2D eigenvalue weighted by Crippen LogP contribution is 2.45. The Balaban J connectivity index is 5.24. The Hall–Kier alpha value is -1.94. The topological polar surface area (TPSA) is 237 Å². The summed E-state index contributed by atoms with van der Waals surface area (Å²) in [5, 5.41) is 10.6. The molecule has 0 spiro atoms. The molecule has 0 aromatic carbocycles. The highest BCUT2D eigenvalue weighted by molar-refractivity contribution is 7.47. The molecule has 0 amide bonds. The van der Waals surface area contributed by atoms with Crippen molar-refractivity contribution in [2.45, 2.75) is 446 Å². The van der Waals surface area contributed by atoms with Crippen LogP contribution in [-0.4, -0.2) is 96.7 Å². The van der Waals surface area contributed by atoms with Gasteiger partial charge in [0.05, 0.1) is 26.4 Å². The lowest BCUT2D eigenvalue weighted by molar-refractivity contribution is -0.161. The molecule has 17 nitrogen and oxygen atoms in total. The van der Waals surface area contributed by atoms with E-state index in [1.165, 1.54) is 231 Å². The van der Waals surface area contributed by atoms with Crippen LogP contribution in [-0.2, 0) is 65.4 Å². The quantitative estimate of drug-likeness (QED) is 0.0222. The van der Waals surface area contributed by atoms with Gasteiger partial charge in [0, 0.05) is 25.7 Å². The monoisotopic (exact) mass is 1480 g/mol. The van der Waals surface area contributed by atoms with E-state index in [4.69, 9.17) is 37.0 Å². The number of aliphatic hydroxyl groups excluding tert-OH is 1. The highest BCUT2D eigenvalue weighted by Gasteiger charge is 2.30. The summed E-state index contributed by atoms with van der Waals surface area (Å²) >= 11 is 0. The van der Waals surface area contributed by atoms with E-state index in [0.29, 0.717) is 31.6 Å². The van der Waals surface area contributed by atoms with Crippen LogP contribution in [0.25, 0.3) is 0 Å². The molecule has 0 bridgehead atoms. The first-order valence-electron chi connectivity index (χ1n) is 42.3. The van der Waals surface area contributed by atoms with E-state index in [1.807, 2.05) is 0 Å². The lowest BCUT2D eigenvalue weighted by Gasteiger charge is -2.21. The fraction of sp³-hybridized carbons (Fsp3) is 0.951. The molecule has 19 heteroatoms. The molecule has 600 valence electrons. The number of phosphoric ester groups is 2. The zero-order valence-electron chi connectivity index (χ0n) is 66.4. The predicted molar refractivity (Wildman–Crippen MR) is 414 cm³/mol. The van der Waals surface area contributed by atoms with Crippen molar-refractivity contribution in [1.82, 2.24) is 0 Å². The van der Waals surface area contributed by atoms with Crippen LogP contribution in [0, 0.1) is 17.8 Å². The summed E-state index contributed by atoms with van der Waals surface area (Å²) < 4.78 is 68.8. The largest absolute Gasteiger partial charge is 0.472 e.